The van der Waals surface area contributed by atoms with Gasteiger partial charge in [0.25, 0.3) is 0 Å². The second-order valence-electron chi connectivity index (χ2n) is 8.12. The number of phenolic OH excluding ortho intramolecular Hbond substituents is 1. The molecule has 0 aliphatic heterocycles. The van der Waals surface area contributed by atoms with Crippen LogP contribution in [-0.4, -0.2) is 33.3 Å². The SMILES string of the molecule is CN(C)c1ccc(C(c2ccc(N(C)C)cc2)c2c(O)ccc3ccccc23)cc1. The molecule has 3 nitrogen and oxygen atoms in total. The fraction of sp³-hybridized carbons (Fsp3) is 0.185. The van der Waals surface area contributed by atoms with Crippen LogP contribution in [-0.2, 0) is 0 Å². The summed E-state index contributed by atoms with van der Waals surface area (Å²) in [5.41, 5.74) is 5.57. The molecule has 0 amide bonds. The summed E-state index contributed by atoms with van der Waals surface area (Å²) in [5.74, 6) is 0.260. The third-order valence-electron chi connectivity index (χ3n) is 5.72. The summed E-state index contributed by atoms with van der Waals surface area (Å²) in [4.78, 5) is 4.19. The predicted molar refractivity (Wildman–Crippen MR) is 128 cm³/mol. The molecule has 0 radical (unpaired) electrons. The van der Waals surface area contributed by atoms with Gasteiger partial charge in [0.05, 0.1) is 0 Å². The van der Waals surface area contributed by atoms with Crippen LogP contribution in [0.15, 0.2) is 84.9 Å². The van der Waals surface area contributed by atoms with E-state index in [2.05, 4.69) is 70.5 Å². The largest absolute Gasteiger partial charge is 0.508 e. The summed E-state index contributed by atoms with van der Waals surface area (Å²) < 4.78 is 0. The standard InChI is InChI=1S/C27H28N2O/c1-28(2)22-14-9-20(10-15-22)26(21-11-16-23(17-12-21)29(3)4)27-24-8-6-5-7-19(24)13-18-25(27)30/h5-18,26,30H,1-4H3. The topological polar surface area (TPSA) is 26.7 Å². The summed E-state index contributed by atoms with van der Waals surface area (Å²) >= 11 is 0. The summed E-state index contributed by atoms with van der Waals surface area (Å²) in [5, 5.41) is 13.2. The maximum Gasteiger partial charge on any atom is 0.120 e. The monoisotopic (exact) mass is 396 g/mol. The van der Waals surface area contributed by atoms with Gasteiger partial charge in [0.15, 0.2) is 0 Å². The Bertz CT molecular complexity index is 1090. The Balaban J connectivity index is 1.94. The molecule has 0 saturated heterocycles. The highest BCUT2D eigenvalue weighted by atomic mass is 16.3. The molecule has 1 N–H and O–H groups in total. The number of aromatic hydroxyl groups is 1. The Kier molecular flexibility index (Phi) is 5.37. The van der Waals surface area contributed by atoms with Gasteiger partial charge in [-0.25, -0.2) is 0 Å². The van der Waals surface area contributed by atoms with E-state index in [-0.39, 0.29) is 5.92 Å². The predicted octanol–water partition coefficient (Wildman–Crippen LogP) is 5.86. The summed E-state index contributed by atoms with van der Waals surface area (Å²) in [7, 11) is 8.18. The lowest BCUT2D eigenvalue weighted by atomic mass is 9.82. The van der Waals surface area contributed by atoms with Gasteiger partial charge in [-0.3, -0.25) is 0 Å². The number of fused-ring (bicyclic) bond motifs is 1. The molecule has 0 aromatic heterocycles. The van der Waals surface area contributed by atoms with Crippen LogP contribution >= 0.6 is 0 Å². The van der Waals surface area contributed by atoms with Crippen LogP contribution in [0.3, 0.4) is 0 Å². The highest BCUT2D eigenvalue weighted by molar-refractivity contribution is 5.89. The normalized spacial score (nSPS) is 11.1. The maximum absolute atomic E-state index is 11.0. The van der Waals surface area contributed by atoms with E-state index in [1.807, 2.05) is 52.5 Å². The lowest BCUT2D eigenvalue weighted by molar-refractivity contribution is 0.468. The zero-order chi connectivity index (χ0) is 21.3. The van der Waals surface area contributed by atoms with Crippen molar-refractivity contribution in [2.45, 2.75) is 5.92 Å². The smallest absolute Gasteiger partial charge is 0.120 e. The number of hydrogen-bond acceptors (Lipinski definition) is 3. The van der Waals surface area contributed by atoms with Gasteiger partial charge in [-0.05, 0) is 52.2 Å². The fourth-order valence-electron chi connectivity index (χ4n) is 4.04. The number of benzene rings is 4. The van der Waals surface area contributed by atoms with Crippen LogP contribution in [0.1, 0.15) is 22.6 Å². The van der Waals surface area contributed by atoms with E-state index in [1.54, 1.807) is 0 Å². The first-order chi connectivity index (χ1) is 14.5. The molecule has 0 fully saturated rings. The Morgan fingerprint density at radius 1 is 0.600 bits per heavy atom. The summed E-state index contributed by atoms with van der Waals surface area (Å²) in [6.07, 6.45) is 0. The molecule has 0 bridgehead atoms. The molecule has 0 aliphatic carbocycles. The Morgan fingerprint density at radius 2 is 1.10 bits per heavy atom. The van der Waals surface area contributed by atoms with E-state index in [9.17, 15) is 5.11 Å². The zero-order valence-electron chi connectivity index (χ0n) is 18.0. The molecule has 0 spiro atoms. The molecular weight excluding hydrogens is 368 g/mol. The average Bonchev–Trinajstić information content (AvgIpc) is 2.76. The molecule has 0 saturated carbocycles. The first kappa shape index (κ1) is 19.8. The van der Waals surface area contributed by atoms with Gasteiger partial charge in [0.2, 0.25) is 0 Å². The van der Waals surface area contributed by atoms with Gasteiger partial charge in [0.1, 0.15) is 5.75 Å². The fourth-order valence-corrected chi connectivity index (χ4v) is 4.04. The summed E-state index contributed by atoms with van der Waals surface area (Å²) in [6, 6.07) is 29.3. The number of hydrogen-bond donors (Lipinski definition) is 1. The van der Waals surface area contributed by atoms with Crippen LogP contribution in [0.5, 0.6) is 5.75 Å². The first-order valence-electron chi connectivity index (χ1n) is 10.2. The van der Waals surface area contributed by atoms with Crippen LogP contribution in [0.2, 0.25) is 0 Å². The third-order valence-corrected chi connectivity index (χ3v) is 5.72. The van der Waals surface area contributed by atoms with Gasteiger partial charge < -0.3 is 14.9 Å². The number of nitrogens with zero attached hydrogens (tertiary/aromatic N) is 2. The average molecular weight is 397 g/mol. The molecule has 0 aliphatic rings. The number of anilines is 2. The highest BCUT2D eigenvalue weighted by Gasteiger charge is 2.22. The quantitative estimate of drug-likeness (QED) is 0.428. The van der Waals surface area contributed by atoms with E-state index >= 15 is 0 Å². The van der Waals surface area contributed by atoms with Crippen molar-refractivity contribution in [3.8, 4) is 5.75 Å². The van der Waals surface area contributed by atoms with Gasteiger partial charge >= 0.3 is 0 Å². The minimum atomic E-state index is -0.0662. The lowest BCUT2D eigenvalue weighted by Crippen LogP contribution is -2.10. The lowest BCUT2D eigenvalue weighted by Gasteiger charge is -2.23. The van der Waals surface area contributed by atoms with Crippen molar-refractivity contribution in [2.75, 3.05) is 38.0 Å². The van der Waals surface area contributed by atoms with Crippen molar-refractivity contribution in [3.63, 3.8) is 0 Å². The van der Waals surface area contributed by atoms with Crippen LogP contribution in [0.4, 0.5) is 11.4 Å². The molecule has 4 rings (SSSR count). The zero-order valence-corrected chi connectivity index (χ0v) is 18.0. The van der Waals surface area contributed by atoms with Crippen molar-refractivity contribution in [1.29, 1.82) is 0 Å². The van der Waals surface area contributed by atoms with Crippen molar-refractivity contribution in [1.82, 2.24) is 0 Å². The second-order valence-corrected chi connectivity index (χ2v) is 8.12. The molecule has 30 heavy (non-hydrogen) atoms. The van der Waals surface area contributed by atoms with Crippen molar-refractivity contribution >= 4 is 22.1 Å². The van der Waals surface area contributed by atoms with E-state index < -0.39 is 0 Å². The first-order valence-corrected chi connectivity index (χ1v) is 10.2. The molecule has 0 unspecified atom stereocenters. The third kappa shape index (κ3) is 3.71. The van der Waals surface area contributed by atoms with Gasteiger partial charge in [-0.1, -0.05) is 54.6 Å². The van der Waals surface area contributed by atoms with Gasteiger partial charge in [-0.2, -0.15) is 0 Å². The van der Waals surface area contributed by atoms with Crippen molar-refractivity contribution in [2.24, 2.45) is 0 Å². The van der Waals surface area contributed by atoms with Gasteiger partial charge in [0, 0.05) is 51.0 Å². The molecule has 3 heteroatoms. The Morgan fingerprint density at radius 3 is 1.60 bits per heavy atom. The van der Waals surface area contributed by atoms with Crippen molar-refractivity contribution < 1.29 is 5.11 Å². The van der Waals surface area contributed by atoms with Crippen LogP contribution in [0, 0.1) is 0 Å². The van der Waals surface area contributed by atoms with E-state index in [0.717, 1.165) is 38.8 Å². The van der Waals surface area contributed by atoms with Crippen LogP contribution < -0.4 is 9.80 Å². The van der Waals surface area contributed by atoms with E-state index in [4.69, 9.17) is 0 Å². The van der Waals surface area contributed by atoms with E-state index in [0.29, 0.717) is 5.75 Å². The molecular formula is C27H28N2O. The maximum atomic E-state index is 11.0. The highest BCUT2D eigenvalue weighted by Crippen LogP contribution is 2.41. The van der Waals surface area contributed by atoms with Gasteiger partial charge in [-0.15, -0.1) is 0 Å². The Labute approximate surface area is 178 Å². The van der Waals surface area contributed by atoms with Crippen molar-refractivity contribution in [3.05, 3.63) is 102 Å². The van der Waals surface area contributed by atoms with Crippen LogP contribution in [0.25, 0.3) is 10.8 Å². The Hall–Kier alpha value is -3.46. The van der Waals surface area contributed by atoms with E-state index in [1.165, 1.54) is 0 Å². The molecule has 4 aromatic rings. The second kappa shape index (κ2) is 8.11. The summed E-state index contributed by atoms with van der Waals surface area (Å²) in [6.45, 7) is 0. The number of rotatable bonds is 5. The molecule has 0 atom stereocenters. The minimum absolute atomic E-state index is 0.0662. The minimum Gasteiger partial charge on any atom is -0.508 e. The molecule has 0 heterocycles. The number of phenols is 1. The molecule has 152 valence electrons. The molecule has 4 aromatic carbocycles.